The van der Waals surface area contributed by atoms with E-state index in [1.807, 2.05) is 29.8 Å². The van der Waals surface area contributed by atoms with Crippen molar-refractivity contribution in [2.75, 3.05) is 7.05 Å². The molecule has 0 aliphatic heterocycles. The average molecular weight is 377 g/mol. The summed E-state index contributed by atoms with van der Waals surface area (Å²) in [5.41, 5.74) is 2.40. The highest BCUT2D eigenvalue weighted by Crippen LogP contribution is 2.22. The largest absolute Gasteiger partial charge is 0.283 e. The van der Waals surface area contributed by atoms with E-state index >= 15 is 0 Å². The number of hydrogen-bond acceptors (Lipinski definition) is 4. The van der Waals surface area contributed by atoms with Crippen LogP contribution in [-0.4, -0.2) is 26.7 Å². The van der Waals surface area contributed by atoms with Gasteiger partial charge in [0.25, 0.3) is 0 Å². The van der Waals surface area contributed by atoms with Crippen LogP contribution in [0.3, 0.4) is 0 Å². The van der Waals surface area contributed by atoms with E-state index < -0.39 is 0 Å². The zero-order valence-corrected chi connectivity index (χ0v) is 14.9. The van der Waals surface area contributed by atoms with Crippen LogP contribution < -0.4 is 0 Å². The second-order valence-corrected chi connectivity index (χ2v) is 7.55. The summed E-state index contributed by atoms with van der Waals surface area (Å²) in [5, 5.41) is 6.70. The van der Waals surface area contributed by atoms with Crippen LogP contribution in [0.5, 0.6) is 0 Å². The first kappa shape index (κ1) is 15.4. The molecule has 0 unspecified atom stereocenters. The van der Waals surface area contributed by atoms with Crippen molar-refractivity contribution in [2.24, 2.45) is 0 Å². The van der Waals surface area contributed by atoms with Crippen LogP contribution >= 0.6 is 27.3 Å². The standard InChI is InChI=1S/C16H17BrN4S/c1-12-18-16(14-6-4-3-5-7-14)21(19-12)11-20(2)9-13-8-15(17)22-10-13/h3-8,10H,9,11H2,1-2H3. The predicted molar refractivity (Wildman–Crippen MR) is 93.7 cm³/mol. The Morgan fingerprint density at radius 1 is 1.27 bits per heavy atom. The van der Waals surface area contributed by atoms with Crippen molar-refractivity contribution >= 4 is 27.3 Å². The van der Waals surface area contributed by atoms with Crippen molar-refractivity contribution in [2.45, 2.75) is 20.1 Å². The lowest BCUT2D eigenvalue weighted by Crippen LogP contribution is -2.22. The maximum absolute atomic E-state index is 4.56. The minimum atomic E-state index is 0.707. The molecule has 0 aliphatic rings. The first-order chi connectivity index (χ1) is 10.6. The molecule has 4 nitrogen and oxygen atoms in total. The second kappa shape index (κ2) is 6.73. The third kappa shape index (κ3) is 3.63. The van der Waals surface area contributed by atoms with Gasteiger partial charge in [0, 0.05) is 12.1 Å². The minimum Gasteiger partial charge on any atom is -0.283 e. The normalized spacial score (nSPS) is 11.3. The number of rotatable bonds is 5. The van der Waals surface area contributed by atoms with Crippen LogP contribution in [0.1, 0.15) is 11.4 Å². The second-order valence-electron chi connectivity index (χ2n) is 5.26. The summed E-state index contributed by atoms with van der Waals surface area (Å²) in [6, 6.07) is 12.3. The van der Waals surface area contributed by atoms with Crippen LogP contribution in [0.2, 0.25) is 0 Å². The molecule has 0 fully saturated rings. The van der Waals surface area contributed by atoms with Gasteiger partial charge < -0.3 is 0 Å². The van der Waals surface area contributed by atoms with Crippen LogP contribution in [0.4, 0.5) is 0 Å². The molecule has 6 heteroatoms. The maximum atomic E-state index is 4.56. The van der Waals surface area contributed by atoms with E-state index in [1.54, 1.807) is 11.3 Å². The monoisotopic (exact) mass is 376 g/mol. The summed E-state index contributed by atoms with van der Waals surface area (Å²) in [4.78, 5) is 6.80. The predicted octanol–water partition coefficient (Wildman–Crippen LogP) is 4.17. The highest BCUT2D eigenvalue weighted by Gasteiger charge is 2.12. The van der Waals surface area contributed by atoms with Crippen LogP contribution in [-0.2, 0) is 13.2 Å². The van der Waals surface area contributed by atoms with E-state index in [4.69, 9.17) is 0 Å². The van der Waals surface area contributed by atoms with Gasteiger partial charge in [-0.15, -0.1) is 11.3 Å². The summed E-state index contributed by atoms with van der Waals surface area (Å²) < 4.78 is 3.13. The maximum Gasteiger partial charge on any atom is 0.159 e. The summed E-state index contributed by atoms with van der Waals surface area (Å²) >= 11 is 5.22. The molecule has 3 rings (SSSR count). The van der Waals surface area contributed by atoms with Crippen molar-refractivity contribution in [3.8, 4) is 11.4 Å². The summed E-state index contributed by atoms with van der Waals surface area (Å²) in [7, 11) is 2.09. The number of hydrogen-bond donors (Lipinski definition) is 0. The Hall–Kier alpha value is -1.50. The van der Waals surface area contributed by atoms with E-state index in [-0.39, 0.29) is 0 Å². The summed E-state index contributed by atoms with van der Waals surface area (Å²) in [5.74, 6) is 1.71. The van der Waals surface area contributed by atoms with Gasteiger partial charge >= 0.3 is 0 Å². The van der Waals surface area contributed by atoms with Crippen LogP contribution in [0.15, 0.2) is 45.6 Å². The lowest BCUT2D eigenvalue weighted by molar-refractivity contribution is 0.248. The molecule has 0 N–H and O–H groups in total. The van der Waals surface area contributed by atoms with Crippen molar-refractivity contribution in [1.82, 2.24) is 19.7 Å². The molecule has 0 bridgehead atoms. The molecule has 0 atom stereocenters. The van der Waals surface area contributed by atoms with E-state index in [1.165, 1.54) is 5.56 Å². The molecule has 2 aromatic heterocycles. The molecular weight excluding hydrogens is 360 g/mol. The number of benzene rings is 1. The third-order valence-electron chi connectivity index (χ3n) is 3.26. The van der Waals surface area contributed by atoms with Gasteiger partial charge in [0.2, 0.25) is 0 Å². The molecule has 22 heavy (non-hydrogen) atoms. The van der Waals surface area contributed by atoms with E-state index in [9.17, 15) is 0 Å². The molecule has 1 aromatic carbocycles. The Kier molecular flexibility index (Phi) is 4.71. The number of aromatic nitrogens is 3. The fraction of sp³-hybridized carbons (Fsp3) is 0.250. The molecule has 3 aromatic rings. The zero-order valence-electron chi connectivity index (χ0n) is 12.5. The lowest BCUT2D eigenvalue weighted by Gasteiger charge is -2.17. The molecule has 0 saturated carbocycles. The van der Waals surface area contributed by atoms with Gasteiger partial charge in [0.05, 0.1) is 10.5 Å². The van der Waals surface area contributed by atoms with Crippen LogP contribution in [0.25, 0.3) is 11.4 Å². The third-order valence-corrected chi connectivity index (χ3v) is 4.81. The van der Waals surface area contributed by atoms with E-state index in [0.717, 1.165) is 27.5 Å². The van der Waals surface area contributed by atoms with Crippen molar-refractivity contribution in [3.05, 3.63) is 57.0 Å². The average Bonchev–Trinajstić information content (AvgIpc) is 3.06. The molecule has 2 heterocycles. The minimum absolute atomic E-state index is 0.707. The lowest BCUT2D eigenvalue weighted by atomic mass is 10.2. The molecule has 0 saturated heterocycles. The van der Waals surface area contributed by atoms with Crippen LogP contribution in [0, 0.1) is 6.92 Å². The Labute approximate surface area is 142 Å². The molecule has 0 amide bonds. The van der Waals surface area contributed by atoms with Crippen molar-refractivity contribution in [1.29, 1.82) is 0 Å². The van der Waals surface area contributed by atoms with Crippen molar-refractivity contribution in [3.63, 3.8) is 0 Å². The smallest absolute Gasteiger partial charge is 0.159 e. The Bertz CT molecular complexity index is 751. The van der Waals surface area contributed by atoms with Crippen molar-refractivity contribution < 1.29 is 0 Å². The van der Waals surface area contributed by atoms with Gasteiger partial charge in [-0.3, -0.25) is 4.90 Å². The molecular formula is C16H17BrN4S. The zero-order chi connectivity index (χ0) is 15.5. The number of thiophene rings is 1. The topological polar surface area (TPSA) is 34.0 Å². The molecule has 0 radical (unpaired) electrons. The highest BCUT2D eigenvalue weighted by atomic mass is 79.9. The Morgan fingerprint density at radius 2 is 2.05 bits per heavy atom. The number of halogens is 1. The molecule has 114 valence electrons. The number of nitrogens with zero attached hydrogens (tertiary/aromatic N) is 4. The summed E-state index contributed by atoms with van der Waals surface area (Å²) in [6.45, 7) is 3.52. The fourth-order valence-electron chi connectivity index (χ4n) is 2.37. The van der Waals surface area contributed by atoms with Gasteiger partial charge in [-0.2, -0.15) is 5.10 Å². The number of aryl methyl sites for hydroxylation is 1. The highest BCUT2D eigenvalue weighted by molar-refractivity contribution is 9.11. The fourth-order valence-corrected chi connectivity index (χ4v) is 3.57. The van der Waals surface area contributed by atoms with E-state index in [0.29, 0.717) is 6.67 Å². The first-order valence-electron chi connectivity index (χ1n) is 7.00. The Balaban J connectivity index is 1.77. The van der Waals surface area contributed by atoms with Gasteiger partial charge in [-0.05, 0) is 46.9 Å². The van der Waals surface area contributed by atoms with Gasteiger partial charge in [0.1, 0.15) is 5.82 Å². The van der Waals surface area contributed by atoms with E-state index in [2.05, 4.69) is 61.5 Å². The quantitative estimate of drug-likeness (QED) is 0.669. The molecule has 0 aliphatic carbocycles. The van der Waals surface area contributed by atoms with Gasteiger partial charge in [-0.1, -0.05) is 30.3 Å². The summed E-state index contributed by atoms with van der Waals surface area (Å²) in [6.07, 6.45) is 0. The Morgan fingerprint density at radius 3 is 2.73 bits per heavy atom. The molecule has 0 spiro atoms. The van der Waals surface area contributed by atoms with Gasteiger partial charge in [-0.25, -0.2) is 9.67 Å². The SMILES string of the molecule is Cc1nc(-c2ccccc2)n(CN(C)Cc2csc(Br)c2)n1. The first-order valence-corrected chi connectivity index (χ1v) is 8.67. The van der Waals surface area contributed by atoms with Gasteiger partial charge in [0.15, 0.2) is 5.82 Å².